The van der Waals surface area contributed by atoms with Gasteiger partial charge in [-0.2, -0.15) is 5.10 Å². The van der Waals surface area contributed by atoms with E-state index in [-0.39, 0.29) is 5.75 Å². The Kier molecular flexibility index (Phi) is 4.10. The highest BCUT2D eigenvalue weighted by molar-refractivity contribution is 7.88. The lowest BCUT2D eigenvalue weighted by molar-refractivity contribution is 0.597. The molecule has 0 fully saturated rings. The molecule has 1 heterocycles. The number of benzene rings is 1. The summed E-state index contributed by atoms with van der Waals surface area (Å²) in [4.78, 5) is 0. The summed E-state index contributed by atoms with van der Waals surface area (Å²) in [6.45, 7) is 4.60. The van der Waals surface area contributed by atoms with Gasteiger partial charge in [0.15, 0.2) is 0 Å². The molecular formula is C13H18N4O2S. The highest BCUT2D eigenvalue weighted by Crippen LogP contribution is 2.15. The summed E-state index contributed by atoms with van der Waals surface area (Å²) in [6.07, 6.45) is 0. The van der Waals surface area contributed by atoms with Gasteiger partial charge in [0.1, 0.15) is 0 Å². The van der Waals surface area contributed by atoms with Gasteiger partial charge in [-0.25, -0.2) is 13.6 Å². The second-order valence-corrected chi connectivity index (χ2v) is 6.38. The van der Waals surface area contributed by atoms with E-state index < -0.39 is 10.0 Å². The number of primary sulfonamides is 1. The number of H-pyrrole nitrogens is 1. The highest BCUT2D eigenvalue weighted by atomic mass is 32.2. The molecule has 7 heteroatoms. The second kappa shape index (κ2) is 5.64. The van der Waals surface area contributed by atoms with Crippen LogP contribution in [-0.4, -0.2) is 18.6 Å². The molecule has 1 aromatic heterocycles. The molecular weight excluding hydrogens is 276 g/mol. The van der Waals surface area contributed by atoms with E-state index in [1.807, 2.05) is 26.0 Å². The van der Waals surface area contributed by atoms with E-state index in [1.54, 1.807) is 12.1 Å². The van der Waals surface area contributed by atoms with Crippen LogP contribution in [0.1, 0.15) is 22.5 Å². The van der Waals surface area contributed by atoms with Crippen LogP contribution >= 0.6 is 0 Å². The molecule has 2 rings (SSSR count). The van der Waals surface area contributed by atoms with Gasteiger partial charge in [-0.15, -0.1) is 0 Å². The van der Waals surface area contributed by atoms with Crippen LogP contribution < -0.4 is 10.5 Å². The van der Waals surface area contributed by atoms with Gasteiger partial charge in [-0.3, -0.25) is 5.10 Å². The van der Waals surface area contributed by atoms with Crippen LogP contribution in [0.4, 0.5) is 5.69 Å². The first-order valence-corrected chi connectivity index (χ1v) is 7.90. The fourth-order valence-electron chi connectivity index (χ4n) is 1.98. The Morgan fingerprint density at radius 2 is 1.90 bits per heavy atom. The van der Waals surface area contributed by atoms with Crippen molar-refractivity contribution in [3.63, 3.8) is 0 Å². The van der Waals surface area contributed by atoms with Gasteiger partial charge in [-0.1, -0.05) is 12.1 Å². The molecule has 4 N–H and O–H groups in total. The molecule has 0 atom stereocenters. The van der Waals surface area contributed by atoms with E-state index >= 15 is 0 Å². The first-order chi connectivity index (χ1) is 9.35. The molecule has 0 aliphatic rings. The minimum Gasteiger partial charge on any atom is -0.381 e. The lowest BCUT2D eigenvalue weighted by Gasteiger charge is -2.07. The molecule has 0 spiro atoms. The monoisotopic (exact) mass is 294 g/mol. The number of nitrogens with two attached hydrogens (primary N) is 1. The third-order valence-corrected chi connectivity index (χ3v) is 3.81. The standard InChI is InChI=1S/C13H18N4O2S/c1-9-13(10(2)17-16-9)7-15-12-5-3-11(4-6-12)8-20(14,18)19/h3-6,15H,7-8H2,1-2H3,(H,16,17)(H2,14,18,19). The molecule has 0 aliphatic heterocycles. The average molecular weight is 294 g/mol. The largest absolute Gasteiger partial charge is 0.381 e. The molecule has 0 bridgehead atoms. The fraction of sp³-hybridized carbons (Fsp3) is 0.308. The van der Waals surface area contributed by atoms with Gasteiger partial charge in [0.05, 0.1) is 11.4 Å². The number of aromatic nitrogens is 2. The zero-order valence-corrected chi connectivity index (χ0v) is 12.3. The van der Waals surface area contributed by atoms with E-state index in [0.717, 1.165) is 22.6 Å². The van der Waals surface area contributed by atoms with Crippen LogP contribution in [0.5, 0.6) is 0 Å². The average Bonchev–Trinajstić information content (AvgIpc) is 2.67. The van der Waals surface area contributed by atoms with Crippen molar-refractivity contribution in [1.29, 1.82) is 0 Å². The Labute approximate surface area is 118 Å². The SMILES string of the molecule is Cc1n[nH]c(C)c1CNc1ccc(CS(N)(=O)=O)cc1. The van der Waals surface area contributed by atoms with Crippen molar-refractivity contribution in [3.8, 4) is 0 Å². The topological polar surface area (TPSA) is 101 Å². The van der Waals surface area contributed by atoms with Crippen LogP contribution in [0.2, 0.25) is 0 Å². The number of nitrogens with zero attached hydrogens (tertiary/aromatic N) is 1. The molecule has 0 saturated carbocycles. The fourth-order valence-corrected chi connectivity index (χ4v) is 2.63. The zero-order valence-electron chi connectivity index (χ0n) is 11.5. The van der Waals surface area contributed by atoms with E-state index in [0.29, 0.717) is 12.1 Å². The number of rotatable bonds is 5. The van der Waals surface area contributed by atoms with Gasteiger partial charge in [-0.05, 0) is 31.5 Å². The van der Waals surface area contributed by atoms with Crippen LogP contribution in [0, 0.1) is 13.8 Å². The summed E-state index contributed by atoms with van der Waals surface area (Å²) in [5, 5.41) is 15.4. The number of sulfonamides is 1. The Bertz CT molecular complexity index is 670. The molecule has 2 aromatic rings. The normalized spacial score (nSPS) is 11.6. The van der Waals surface area contributed by atoms with Gasteiger partial charge >= 0.3 is 0 Å². The van der Waals surface area contributed by atoms with Gasteiger partial charge in [0.2, 0.25) is 10.0 Å². The predicted octanol–water partition coefficient (Wildman–Crippen LogP) is 1.43. The van der Waals surface area contributed by atoms with Crippen LogP contribution in [0.3, 0.4) is 0 Å². The molecule has 0 aliphatic carbocycles. The van der Waals surface area contributed by atoms with Crippen molar-refractivity contribution in [2.24, 2.45) is 5.14 Å². The highest BCUT2D eigenvalue weighted by Gasteiger charge is 2.07. The zero-order chi connectivity index (χ0) is 14.8. The Morgan fingerprint density at radius 3 is 2.40 bits per heavy atom. The maximum Gasteiger partial charge on any atom is 0.213 e. The first-order valence-electron chi connectivity index (χ1n) is 6.19. The van der Waals surface area contributed by atoms with E-state index in [9.17, 15) is 8.42 Å². The van der Waals surface area contributed by atoms with Crippen LogP contribution in [0.25, 0.3) is 0 Å². The Hall–Kier alpha value is -1.86. The molecule has 0 radical (unpaired) electrons. The van der Waals surface area contributed by atoms with Gasteiger partial charge in [0.25, 0.3) is 0 Å². The number of aryl methyl sites for hydroxylation is 2. The Morgan fingerprint density at radius 1 is 1.25 bits per heavy atom. The van der Waals surface area contributed by atoms with E-state index in [4.69, 9.17) is 5.14 Å². The third-order valence-electron chi connectivity index (χ3n) is 3.07. The maximum absolute atomic E-state index is 11.0. The quantitative estimate of drug-likeness (QED) is 0.776. The lowest BCUT2D eigenvalue weighted by atomic mass is 10.2. The van der Waals surface area contributed by atoms with Gasteiger partial charge in [0, 0.05) is 23.5 Å². The van der Waals surface area contributed by atoms with Crippen molar-refractivity contribution in [2.75, 3.05) is 5.32 Å². The van der Waals surface area contributed by atoms with Crippen LogP contribution in [-0.2, 0) is 22.3 Å². The minimum atomic E-state index is -3.48. The third kappa shape index (κ3) is 3.82. The molecule has 0 saturated heterocycles. The summed E-state index contributed by atoms with van der Waals surface area (Å²) in [5.41, 5.74) is 4.75. The summed E-state index contributed by atoms with van der Waals surface area (Å²) in [7, 11) is -3.48. The van der Waals surface area contributed by atoms with E-state index in [2.05, 4.69) is 15.5 Å². The molecule has 0 amide bonds. The van der Waals surface area contributed by atoms with Crippen molar-refractivity contribution >= 4 is 15.7 Å². The summed E-state index contributed by atoms with van der Waals surface area (Å²) in [5.74, 6) is -0.146. The van der Waals surface area contributed by atoms with Crippen molar-refractivity contribution in [3.05, 3.63) is 46.8 Å². The first kappa shape index (κ1) is 14.5. The van der Waals surface area contributed by atoms with Crippen LogP contribution in [0.15, 0.2) is 24.3 Å². The number of hydrogen-bond donors (Lipinski definition) is 3. The van der Waals surface area contributed by atoms with Crippen molar-refractivity contribution in [1.82, 2.24) is 10.2 Å². The van der Waals surface area contributed by atoms with Crippen molar-refractivity contribution in [2.45, 2.75) is 26.1 Å². The number of nitrogens with one attached hydrogen (secondary N) is 2. The molecule has 20 heavy (non-hydrogen) atoms. The number of hydrogen-bond acceptors (Lipinski definition) is 4. The summed E-state index contributed by atoms with van der Waals surface area (Å²) < 4.78 is 22.0. The Balaban J connectivity index is 2.01. The number of aromatic amines is 1. The second-order valence-electron chi connectivity index (χ2n) is 4.77. The molecule has 1 aromatic carbocycles. The molecule has 6 nitrogen and oxygen atoms in total. The minimum absolute atomic E-state index is 0.146. The van der Waals surface area contributed by atoms with E-state index in [1.165, 1.54) is 0 Å². The molecule has 108 valence electrons. The summed E-state index contributed by atoms with van der Waals surface area (Å²) >= 11 is 0. The molecule has 0 unspecified atom stereocenters. The maximum atomic E-state index is 11.0. The lowest BCUT2D eigenvalue weighted by Crippen LogP contribution is -2.14. The van der Waals surface area contributed by atoms with Gasteiger partial charge < -0.3 is 5.32 Å². The predicted molar refractivity (Wildman–Crippen MR) is 78.6 cm³/mol. The smallest absolute Gasteiger partial charge is 0.213 e. The number of anilines is 1. The summed E-state index contributed by atoms with van der Waals surface area (Å²) in [6, 6.07) is 7.18. The van der Waals surface area contributed by atoms with Crippen molar-refractivity contribution < 1.29 is 8.42 Å².